The Morgan fingerprint density at radius 1 is 1.56 bits per heavy atom. The highest BCUT2D eigenvalue weighted by Gasteiger charge is 2.22. The molecular formula is C12H17FN2O2S. The molecule has 1 aromatic carbocycles. The summed E-state index contributed by atoms with van der Waals surface area (Å²) >= 11 is 0. The van der Waals surface area contributed by atoms with Crippen LogP contribution in [0.4, 0.5) is 10.1 Å². The van der Waals surface area contributed by atoms with E-state index in [2.05, 4.69) is 11.3 Å². The summed E-state index contributed by atoms with van der Waals surface area (Å²) in [5.41, 5.74) is 5.95. The fourth-order valence-electron chi connectivity index (χ4n) is 1.59. The summed E-state index contributed by atoms with van der Waals surface area (Å²) in [6.45, 7) is 6.67. The molecule has 0 radical (unpaired) electrons. The first-order valence-electron chi connectivity index (χ1n) is 5.46. The molecule has 0 spiro atoms. The standard InChI is InChI=1S/C12H17FN2O2S/c1-4-5-9(3)15-18(16,17)11-7-10(14)6-8(2)12(11)13/h4,6-7,9,15H,1,5,14H2,2-3H3. The molecule has 1 unspecified atom stereocenters. The number of rotatable bonds is 5. The maximum Gasteiger partial charge on any atom is 0.243 e. The zero-order chi connectivity index (χ0) is 13.9. The van der Waals surface area contributed by atoms with Gasteiger partial charge in [-0.2, -0.15) is 0 Å². The number of nitrogens with two attached hydrogens (primary N) is 1. The van der Waals surface area contributed by atoms with Gasteiger partial charge in [-0.3, -0.25) is 0 Å². The summed E-state index contributed by atoms with van der Waals surface area (Å²) in [5, 5.41) is 0. The second kappa shape index (κ2) is 5.49. The summed E-state index contributed by atoms with van der Waals surface area (Å²) in [7, 11) is -3.91. The smallest absolute Gasteiger partial charge is 0.243 e. The number of hydrogen-bond donors (Lipinski definition) is 2. The van der Waals surface area contributed by atoms with Crippen molar-refractivity contribution in [3.8, 4) is 0 Å². The highest BCUT2D eigenvalue weighted by Crippen LogP contribution is 2.21. The molecule has 4 nitrogen and oxygen atoms in total. The minimum atomic E-state index is -3.91. The van der Waals surface area contributed by atoms with Crippen LogP contribution in [-0.2, 0) is 10.0 Å². The maximum atomic E-state index is 13.8. The van der Waals surface area contributed by atoms with E-state index in [4.69, 9.17) is 5.73 Å². The van der Waals surface area contributed by atoms with Crippen molar-refractivity contribution in [1.29, 1.82) is 0 Å². The number of halogens is 1. The molecule has 0 fully saturated rings. The van der Waals surface area contributed by atoms with Crippen LogP contribution in [0.2, 0.25) is 0 Å². The summed E-state index contributed by atoms with van der Waals surface area (Å²) in [4.78, 5) is -0.420. The van der Waals surface area contributed by atoms with Crippen LogP contribution >= 0.6 is 0 Å². The number of sulfonamides is 1. The fourth-order valence-corrected chi connectivity index (χ4v) is 3.03. The van der Waals surface area contributed by atoms with Crippen molar-refractivity contribution in [3.05, 3.63) is 36.2 Å². The Morgan fingerprint density at radius 3 is 2.72 bits per heavy atom. The molecule has 0 saturated heterocycles. The van der Waals surface area contributed by atoms with Gasteiger partial charge >= 0.3 is 0 Å². The lowest BCUT2D eigenvalue weighted by Crippen LogP contribution is -2.32. The van der Waals surface area contributed by atoms with Crippen molar-refractivity contribution in [3.63, 3.8) is 0 Å². The molecular weight excluding hydrogens is 255 g/mol. The van der Waals surface area contributed by atoms with E-state index in [9.17, 15) is 12.8 Å². The van der Waals surface area contributed by atoms with Crippen molar-refractivity contribution in [2.45, 2.75) is 31.2 Å². The molecule has 18 heavy (non-hydrogen) atoms. The van der Waals surface area contributed by atoms with Crippen LogP contribution in [-0.4, -0.2) is 14.5 Å². The molecule has 0 aliphatic heterocycles. The summed E-state index contributed by atoms with van der Waals surface area (Å²) in [6, 6.07) is 2.15. The second-order valence-corrected chi connectivity index (χ2v) is 5.88. The quantitative estimate of drug-likeness (QED) is 0.635. The van der Waals surface area contributed by atoms with Crippen molar-refractivity contribution < 1.29 is 12.8 Å². The van der Waals surface area contributed by atoms with E-state index in [1.54, 1.807) is 13.0 Å². The van der Waals surface area contributed by atoms with Gasteiger partial charge in [0.05, 0.1) is 0 Å². The maximum absolute atomic E-state index is 13.8. The van der Waals surface area contributed by atoms with Gasteiger partial charge in [0, 0.05) is 11.7 Å². The number of hydrogen-bond acceptors (Lipinski definition) is 3. The van der Waals surface area contributed by atoms with Crippen molar-refractivity contribution in [2.24, 2.45) is 0 Å². The zero-order valence-corrected chi connectivity index (χ0v) is 11.2. The lowest BCUT2D eigenvalue weighted by Gasteiger charge is -2.14. The SMILES string of the molecule is C=CCC(C)NS(=O)(=O)c1cc(N)cc(C)c1F. The van der Waals surface area contributed by atoms with Crippen molar-refractivity contribution >= 4 is 15.7 Å². The molecule has 1 rings (SSSR count). The predicted molar refractivity (Wildman–Crippen MR) is 70.1 cm³/mol. The second-order valence-electron chi connectivity index (χ2n) is 4.20. The molecule has 6 heteroatoms. The third-order valence-electron chi connectivity index (χ3n) is 2.41. The van der Waals surface area contributed by atoms with Gasteiger partial charge in [-0.1, -0.05) is 6.08 Å². The van der Waals surface area contributed by atoms with Crippen LogP contribution in [0.5, 0.6) is 0 Å². The Bertz CT molecular complexity index is 555. The molecule has 100 valence electrons. The van der Waals surface area contributed by atoms with Gasteiger partial charge in [0.25, 0.3) is 0 Å². The van der Waals surface area contributed by atoms with Crippen LogP contribution in [0.25, 0.3) is 0 Å². The van der Waals surface area contributed by atoms with Crippen LogP contribution in [0.15, 0.2) is 29.7 Å². The minimum absolute atomic E-state index is 0.201. The molecule has 0 aliphatic rings. The Hall–Kier alpha value is -1.40. The van der Waals surface area contributed by atoms with E-state index in [1.165, 1.54) is 13.0 Å². The number of aryl methyl sites for hydroxylation is 1. The molecule has 0 heterocycles. The summed E-state index contributed by atoms with van der Waals surface area (Å²) in [5.74, 6) is -0.775. The van der Waals surface area contributed by atoms with Crippen LogP contribution in [0.1, 0.15) is 18.9 Å². The lowest BCUT2D eigenvalue weighted by atomic mass is 10.2. The Morgan fingerprint density at radius 2 is 2.17 bits per heavy atom. The van der Waals surface area contributed by atoms with Crippen LogP contribution in [0.3, 0.4) is 0 Å². The largest absolute Gasteiger partial charge is 0.399 e. The van der Waals surface area contributed by atoms with Crippen LogP contribution in [0, 0.1) is 12.7 Å². The monoisotopic (exact) mass is 272 g/mol. The molecule has 3 N–H and O–H groups in total. The van der Waals surface area contributed by atoms with Gasteiger partial charge in [0.1, 0.15) is 10.7 Å². The normalized spacial score (nSPS) is 13.3. The number of anilines is 1. The Labute approximate surface area is 107 Å². The van der Waals surface area contributed by atoms with Gasteiger partial charge in [0.2, 0.25) is 10.0 Å². The molecule has 0 bridgehead atoms. The highest BCUT2D eigenvalue weighted by molar-refractivity contribution is 7.89. The molecule has 0 amide bonds. The molecule has 0 saturated carbocycles. The lowest BCUT2D eigenvalue weighted by molar-refractivity contribution is 0.541. The third kappa shape index (κ3) is 3.30. The molecule has 0 aromatic heterocycles. The topological polar surface area (TPSA) is 72.2 Å². The third-order valence-corrected chi connectivity index (χ3v) is 4.00. The minimum Gasteiger partial charge on any atom is -0.399 e. The van der Waals surface area contributed by atoms with Crippen molar-refractivity contribution in [1.82, 2.24) is 4.72 Å². The molecule has 1 aromatic rings. The summed E-state index contributed by atoms with van der Waals surface area (Å²) in [6.07, 6.45) is 2.05. The highest BCUT2D eigenvalue weighted by atomic mass is 32.2. The number of nitrogen functional groups attached to an aromatic ring is 1. The summed E-state index contributed by atoms with van der Waals surface area (Å²) < 4.78 is 40.2. The van der Waals surface area contributed by atoms with E-state index < -0.39 is 20.7 Å². The van der Waals surface area contributed by atoms with E-state index in [-0.39, 0.29) is 17.3 Å². The van der Waals surface area contributed by atoms with Gasteiger partial charge in [-0.15, -0.1) is 6.58 Å². The average Bonchev–Trinajstić information content (AvgIpc) is 2.22. The fraction of sp³-hybridized carbons (Fsp3) is 0.333. The Kier molecular flexibility index (Phi) is 4.48. The Balaban J connectivity index is 3.16. The number of nitrogens with one attached hydrogen (secondary N) is 1. The van der Waals surface area contributed by atoms with E-state index in [0.29, 0.717) is 6.42 Å². The van der Waals surface area contributed by atoms with Gasteiger partial charge in [-0.25, -0.2) is 17.5 Å². The van der Waals surface area contributed by atoms with Gasteiger partial charge in [-0.05, 0) is 38.0 Å². The molecule has 0 aliphatic carbocycles. The predicted octanol–water partition coefficient (Wildman–Crippen LogP) is 1.96. The first-order chi connectivity index (χ1) is 8.27. The van der Waals surface area contributed by atoms with Gasteiger partial charge < -0.3 is 5.73 Å². The molecule has 1 atom stereocenters. The van der Waals surface area contributed by atoms with E-state index in [0.717, 1.165) is 6.07 Å². The average molecular weight is 272 g/mol. The van der Waals surface area contributed by atoms with E-state index in [1.807, 2.05) is 0 Å². The van der Waals surface area contributed by atoms with Crippen molar-refractivity contribution in [2.75, 3.05) is 5.73 Å². The zero-order valence-electron chi connectivity index (χ0n) is 10.4. The first kappa shape index (κ1) is 14.7. The van der Waals surface area contributed by atoms with Gasteiger partial charge in [0.15, 0.2) is 0 Å². The van der Waals surface area contributed by atoms with E-state index >= 15 is 0 Å². The number of benzene rings is 1. The first-order valence-corrected chi connectivity index (χ1v) is 6.95. The van der Waals surface area contributed by atoms with Crippen LogP contribution < -0.4 is 10.5 Å².